The second kappa shape index (κ2) is 21.6. The lowest BCUT2D eigenvalue weighted by molar-refractivity contribution is 0.451. The van der Waals surface area contributed by atoms with Crippen molar-refractivity contribution in [3.8, 4) is 11.5 Å². The van der Waals surface area contributed by atoms with E-state index in [4.69, 9.17) is 8.37 Å². The zero-order valence-corrected chi connectivity index (χ0v) is 31.0. The molecule has 0 radical (unpaired) electrons. The molecule has 3 aromatic rings. The molecular formula is C38H56O6S3. The molecule has 262 valence electrons. The van der Waals surface area contributed by atoms with Gasteiger partial charge >= 0.3 is 20.2 Å². The van der Waals surface area contributed by atoms with Crippen LogP contribution in [0.15, 0.2) is 69.1 Å². The highest BCUT2D eigenvalue weighted by atomic mass is 32.2. The number of rotatable bonds is 26. The lowest BCUT2D eigenvalue weighted by Crippen LogP contribution is -2.13. The fraction of sp³-hybridized carbons (Fsp3) is 0.579. The minimum absolute atomic E-state index is 0.00390. The van der Waals surface area contributed by atoms with Crippen molar-refractivity contribution < 1.29 is 25.2 Å². The lowest BCUT2D eigenvalue weighted by Gasteiger charge is -2.10. The maximum atomic E-state index is 13.0. The van der Waals surface area contributed by atoms with E-state index in [-0.39, 0.29) is 21.3 Å². The number of unbranched alkanes of at least 4 members (excludes halogenated alkanes) is 16. The largest absolute Gasteiger partial charge is 0.374 e. The molecule has 47 heavy (non-hydrogen) atoms. The van der Waals surface area contributed by atoms with Gasteiger partial charge in [0.25, 0.3) is 0 Å². The van der Waals surface area contributed by atoms with Gasteiger partial charge < -0.3 is 8.37 Å². The van der Waals surface area contributed by atoms with Crippen LogP contribution in [0, 0.1) is 0 Å². The third kappa shape index (κ3) is 14.7. The molecule has 0 saturated carbocycles. The summed E-state index contributed by atoms with van der Waals surface area (Å²) in [5.41, 5.74) is 2.15. The molecule has 9 heteroatoms. The zero-order valence-electron chi connectivity index (χ0n) is 28.6. The number of hydrogen-bond donors (Lipinski definition) is 0. The Morgan fingerprint density at radius 1 is 0.447 bits per heavy atom. The summed E-state index contributed by atoms with van der Waals surface area (Å²) in [6.45, 7) is 4.43. The summed E-state index contributed by atoms with van der Waals surface area (Å²) < 4.78 is 62.7. The Hall–Kier alpha value is -2.36. The number of hydrogen-bond acceptors (Lipinski definition) is 7. The molecule has 1 heterocycles. The first-order valence-corrected chi connectivity index (χ1v) is 21.6. The molecule has 0 spiro atoms. The minimum Gasteiger partial charge on any atom is -0.374 e. The Balaban J connectivity index is 1.39. The van der Waals surface area contributed by atoms with Crippen LogP contribution in [0.25, 0.3) is 0 Å². The number of thiophene rings is 1. The Morgan fingerprint density at radius 3 is 1.09 bits per heavy atom. The Kier molecular flexibility index (Phi) is 17.9. The monoisotopic (exact) mass is 704 g/mol. The second-order valence-corrected chi connectivity index (χ2v) is 16.5. The summed E-state index contributed by atoms with van der Waals surface area (Å²) in [7, 11) is -8.35. The Labute approximate surface area is 289 Å². The van der Waals surface area contributed by atoms with E-state index in [1.807, 2.05) is 12.1 Å². The SMILES string of the molecule is CCCCCCCCCCCCCCCCc1ccc(S(=O)(=O)Oc2cscc2OS(=O)(=O)c2ccc(CCCCCC)cc2)cc1. The smallest absolute Gasteiger partial charge is 0.339 e. The van der Waals surface area contributed by atoms with Crippen molar-refractivity contribution in [1.82, 2.24) is 0 Å². The van der Waals surface area contributed by atoms with Crippen LogP contribution in [0.5, 0.6) is 11.5 Å². The van der Waals surface area contributed by atoms with E-state index in [0.29, 0.717) is 0 Å². The van der Waals surface area contributed by atoms with E-state index < -0.39 is 20.2 Å². The van der Waals surface area contributed by atoms with Crippen molar-refractivity contribution in [3.63, 3.8) is 0 Å². The van der Waals surface area contributed by atoms with E-state index >= 15 is 0 Å². The van der Waals surface area contributed by atoms with Crippen LogP contribution in [0.3, 0.4) is 0 Å². The van der Waals surface area contributed by atoms with E-state index in [1.54, 1.807) is 24.3 Å². The quantitative estimate of drug-likeness (QED) is 0.0610. The zero-order chi connectivity index (χ0) is 33.8. The van der Waals surface area contributed by atoms with Crippen LogP contribution in [-0.2, 0) is 33.1 Å². The highest BCUT2D eigenvalue weighted by Crippen LogP contribution is 2.36. The molecule has 6 nitrogen and oxygen atoms in total. The molecule has 3 rings (SSSR count). The maximum absolute atomic E-state index is 13.0. The van der Waals surface area contributed by atoms with Crippen molar-refractivity contribution in [2.45, 2.75) is 152 Å². The molecule has 0 saturated heterocycles. The molecule has 0 fully saturated rings. The van der Waals surface area contributed by atoms with Crippen LogP contribution in [0.4, 0.5) is 0 Å². The van der Waals surface area contributed by atoms with Crippen molar-refractivity contribution in [2.75, 3.05) is 0 Å². The van der Waals surface area contributed by atoms with Crippen molar-refractivity contribution in [3.05, 3.63) is 70.4 Å². The summed E-state index contributed by atoms with van der Waals surface area (Å²) >= 11 is 1.10. The van der Waals surface area contributed by atoms with Gasteiger partial charge in [-0.25, -0.2) is 0 Å². The summed E-state index contributed by atoms with van der Waals surface area (Å²) in [5, 5.41) is 2.84. The Bertz CT molecular complexity index is 1480. The normalized spacial score (nSPS) is 12.0. The predicted octanol–water partition coefficient (Wildman–Crippen LogP) is 11.4. The molecule has 2 aromatic carbocycles. The molecular weight excluding hydrogens is 649 g/mol. The van der Waals surface area contributed by atoms with Crippen molar-refractivity contribution in [1.29, 1.82) is 0 Å². The van der Waals surface area contributed by atoms with Gasteiger partial charge in [0.2, 0.25) is 0 Å². The van der Waals surface area contributed by atoms with Gasteiger partial charge in [-0.3, -0.25) is 0 Å². The lowest BCUT2D eigenvalue weighted by atomic mass is 10.0. The van der Waals surface area contributed by atoms with Crippen molar-refractivity contribution in [2.24, 2.45) is 0 Å². The molecule has 1 aromatic heterocycles. The highest BCUT2D eigenvalue weighted by molar-refractivity contribution is 7.87. The third-order valence-electron chi connectivity index (χ3n) is 8.55. The Morgan fingerprint density at radius 2 is 0.745 bits per heavy atom. The first-order valence-electron chi connectivity index (χ1n) is 17.9. The van der Waals surface area contributed by atoms with Crippen LogP contribution >= 0.6 is 11.3 Å². The summed E-state index contributed by atoms with van der Waals surface area (Å²) in [4.78, 5) is 0.0148. The van der Waals surface area contributed by atoms with Gasteiger partial charge in [-0.1, -0.05) is 141 Å². The van der Waals surface area contributed by atoms with E-state index in [2.05, 4.69) is 13.8 Å². The van der Waals surface area contributed by atoms with E-state index in [1.165, 1.54) is 113 Å². The predicted molar refractivity (Wildman–Crippen MR) is 195 cm³/mol. The molecule has 0 amide bonds. The van der Waals surface area contributed by atoms with Gasteiger partial charge in [0.1, 0.15) is 9.79 Å². The summed E-state index contributed by atoms with van der Waals surface area (Å²) in [6.07, 6.45) is 24.8. The first kappa shape index (κ1) is 39.1. The second-order valence-electron chi connectivity index (χ2n) is 12.6. The molecule has 0 aliphatic heterocycles. The minimum atomic E-state index is -4.18. The van der Waals surface area contributed by atoms with E-state index in [9.17, 15) is 16.8 Å². The molecule has 0 atom stereocenters. The molecule has 0 bridgehead atoms. The fourth-order valence-corrected chi connectivity index (χ4v) is 8.28. The van der Waals surface area contributed by atoms with Gasteiger partial charge in [-0.15, -0.1) is 11.3 Å². The van der Waals surface area contributed by atoms with Gasteiger partial charge in [0.05, 0.1) is 0 Å². The summed E-state index contributed by atoms with van der Waals surface area (Å²) in [5.74, 6) is -0.311. The van der Waals surface area contributed by atoms with Gasteiger partial charge in [0.15, 0.2) is 11.5 Å². The average Bonchev–Trinajstić information content (AvgIpc) is 3.48. The first-order chi connectivity index (χ1) is 22.7. The van der Waals surface area contributed by atoms with Crippen molar-refractivity contribution >= 4 is 31.6 Å². The third-order valence-corrected chi connectivity index (χ3v) is 11.8. The summed E-state index contributed by atoms with van der Waals surface area (Å²) in [6, 6.07) is 13.4. The van der Waals surface area contributed by atoms with Crippen LogP contribution in [0.2, 0.25) is 0 Å². The van der Waals surface area contributed by atoms with E-state index in [0.717, 1.165) is 61.0 Å². The average molecular weight is 705 g/mol. The van der Waals surface area contributed by atoms with Crippen LogP contribution in [0.1, 0.15) is 141 Å². The molecule has 0 unspecified atom stereocenters. The number of benzene rings is 2. The topological polar surface area (TPSA) is 86.7 Å². The molecule has 0 N–H and O–H groups in total. The van der Waals surface area contributed by atoms with Gasteiger partial charge in [-0.2, -0.15) is 16.8 Å². The molecule has 0 aliphatic carbocycles. The molecule has 0 aliphatic rings. The van der Waals surface area contributed by atoms with Crippen LogP contribution < -0.4 is 8.37 Å². The standard InChI is InChI=1S/C38H56O6S3/c1-3-5-7-9-10-11-12-13-14-15-16-17-18-20-22-34-25-29-36(30-26-34)47(41,42)44-38-32-45-31-37(38)43-46(39,40)35-27-23-33(24-28-35)21-19-8-6-4-2/h23-32H,3-22H2,1-2H3. The maximum Gasteiger partial charge on any atom is 0.339 e. The number of aryl methyl sites for hydroxylation is 2. The fourth-order valence-electron chi connectivity index (χ4n) is 5.65. The van der Waals surface area contributed by atoms with Gasteiger partial charge in [-0.05, 0) is 61.1 Å². The highest BCUT2D eigenvalue weighted by Gasteiger charge is 2.24. The van der Waals surface area contributed by atoms with Crippen LogP contribution in [-0.4, -0.2) is 16.8 Å². The van der Waals surface area contributed by atoms with Gasteiger partial charge in [0, 0.05) is 10.8 Å².